The summed E-state index contributed by atoms with van der Waals surface area (Å²) in [4.78, 5) is 2.62. The number of hydrogen-bond acceptors (Lipinski definition) is 4. The van der Waals surface area contributed by atoms with Gasteiger partial charge in [-0.25, -0.2) is 0 Å². The molecule has 0 bridgehead atoms. The molecule has 0 radical (unpaired) electrons. The highest BCUT2D eigenvalue weighted by molar-refractivity contribution is 7.11. The fraction of sp³-hybridized carbons (Fsp3) is 0.667. The fourth-order valence-electron chi connectivity index (χ4n) is 1.33. The first-order valence-electron chi connectivity index (χ1n) is 5.67. The second-order valence-electron chi connectivity index (χ2n) is 3.68. The third kappa shape index (κ3) is 5.07. The van der Waals surface area contributed by atoms with Gasteiger partial charge in [0.1, 0.15) is 0 Å². The molecule has 1 rings (SSSR count). The molecule has 16 heavy (non-hydrogen) atoms. The van der Waals surface area contributed by atoms with Crippen LogP contribution in [0.25, 0.3) is 0 Å². The Morgan fingerprint density at radius 2 is 2.12 bits per heavy atom. The van der Waals surface area contributed by atoms with Crippen LogP contribution >= 0.6 is 11.3 Å². The van der Waals surface area contributed by atoms with Gasteiger partial charge in [0.25, 0.3) is 0 Å². The zero-order valence-corrected chi connectivity index (χ0v) is 11.1. The van der Waals surface area contributed by atoms with Crippen LogP contribution in [0.15, 0.2) is 12.1 Å². The van der Waals surface area contributed by atoms with Gasteiger partial charge in [-0.3, -0.25) is 0 Å². The number of ether oxygens (including phenoxy) is 2. The van der Waals surface area contributed by atoms with E-state index in [1.807, 2.05) is 20.9 Å². The van der Waals surface area contributed by atoms with Crippen LogP contribution in [-0.4, -0.2) is 26.4 Å². The van der Waals surface area contributed by atoms with Crippen molar-refractivity contribution in [1.29, 1.82) is 0 Å². The first-order chi connectivity index (χ1) is 7.76. The van der Waals surface area contributed by atoms with Gasteiger partial charge < -0.3 is 14.8 Å². The predicted octanol–water partition coefficient (Wildman–Crippen LogP) is 2.41. The summed E-state index contributed by atoms with van der Waals surface area (Å²) < 4.78 is 11.0. The van der Waals surface area contributed by atoms with E-state index in [2.05, 4.69) is 17.4 Å². The third-order valence-electron chi connectivity index (χ3n) is 2.14. The van der Waals surface area contributed by atoms with Crippen molar-refractivity contribution < 1.29 is 9.47 Å². The van der Waals surface area contributed by atoms with Crippen molar-refractivity contribution in [3.05, 3.63) is 21.9 Å². The van der Waals surface area contributed by atoms with Gasteiger partial charge >= 0.3 is 0 Å². The lowest BCUT2D eigenvalue weighted by molar-refractivity contribution is -0.0107. The average Bonchev–Trinajstić information content (AvgIpc) is 2.72. The molecule has 1 aromatic heterocycles. The van der Waals surface area contributed by atoms with Crippen molar-refractivity contribution in [2.24, 2.45) is 0 Å². The smallest absolute Gasteiger partial charge is 0.0814 e. The van der Waals surface area contributed by atoms with Crippen LogP contribution in [0.1, 0.15) is 23.6 Å². The van der Waals surface area contributed by atoms with Gasteiger partial charge in [-0.15, -0.1) is 11.3 Å². The molecule has 0 aliphatic rings. The summed E-state index contributed by atoms with van der Waals surface area (Å²) in [6.45, 7) is 7.07. The number of rotatable bonds is 8. The highest BCUT2D eigenvalue weighted by Crippen LogP contribution is 2.17. The van der Waals surface area contributed by atoms with E-state index in [0.717, 1.165) is 13.2 Å². The van der Waals surface area contributed by atoms with Gasteiger partial charge in [0.15, 0.2) is 0 Å². The Kier molecular flexibility index (Phi) is 6.64. The van der Waals surface area contributed by atoms with E-state index in [0.29, 0.717) is 13.2 Å². The van der Waals surface area contributed by atoms with E-state index < -0.39 is 0 Å². The minimum atomic E-state index is 0.162. The maximum absolute atomic E-state index is 5.69. The van der Waals surface area contributed by atoms with Crippen LogP contribution in [0.5, 0.6) is 0 Å². The van der Waals surface area contributed by atoms with Crippen LogP contribution < -0.4 is 5.32 Å². The van der Waals surface area contributed by atoms with Crippen LogP contribution in [0.2, 0.25) is 0 Å². The Morgan fingerprint density at radius 3 is 2.81 bits per heavy atom. The summed E-state index contributed by atoms with van der Waals surface area (Å²) in [6, 6.07) is 4.28. The van der Waals surface area contributed by atoms with Crippen molar-refractivity contribution in [1.82, 2.24) is 5.32 Å². The first-order valence-corrected chi connectivity index (χ1v) is 6.49. The van der Waals surface area contributed by atoms with Gasteiger partial charge in [-0.2, -0.15) is 0 Å². The maximum atomic E-state index is 5.69. The second kappa shape index (κ2) is 7.79. The lowest BCUT2D eigenvalue weighted by Gasteiger charge is -2.11. The summed E-state index contributed by atoms with van der Waals surface area (Å²) in [5, 5.41) is 3.14. The minimum absolute atomic E-state index is 0.162. The molecule has 0 saturated heterocycles. The molecule has 1 aromatic rings. The summed E-state index contributed by atoms with van der Waals surface area (Å²) in [7, 11) is 1.96. The number of hydrogen-bond donors (Lipinski definition) is 1. The summed E-state index contributed by atoms with van der Waals surface area (Å²) in [5.41, 5.74) is 0. The Balaban J connectivity index is 2.25. The maximum Gasteiger partial charge on any atom is 0.0814 e. The minimum Gasteiger partial charge on any atom is -0.379 e. The highest BCUT2D eigenvalue weighted by Gasteiger charge is 2.04. The standard InChI is InChI=1S/C12H21NO2S/c1-4-14-8-10(2)15-9-12-6-5-11(16-12)7-13-3/h5-6,10,13H,4,7-9H2,1-3H3. The molecule has 0 amide bonds. The van der Waals surface area contributed by atoms with Gasteiger partial charge in [-0.05, 0) is 33.0 Å². The fourth-order valence-corrected chi connectivity index (χ4v) is 2.28. The Bertz CT molecular complexity index is 288. The lowest BCUT2D eigenvalue weighted by Crippen LogP contribution is -2.15. The zero-order chi connectivity index (χ0) is 11.8. The van der Waals surface area contributed by atoms with Gasteiger partial charge in [0.05, 0.1) is 19.3 Å². The largest absolute Gasteiger partial charge is 0.379 e. The average molecular weight is 243 g/mol. The molecule has 4 heteroatoms. The third-order valence-corrected chi connectivity index (χ3v) is 3.19. The summed E-state index contributed by atoms with van der Waals surface area (Å²) >= 11 is 1.79. The summed E-state index contributed by atoms with van der Waals surface area (Å²) in [5.74, 6) is 0. The van der Waals surface area contributed by atoms with Crippen molar-refractivity contribution in [2.75, 3.05) is 20.3 Å². The SMILES string of the molecule is CCOCC(C)OCc1ccc(CNC)s1. The molecule has 0 aromatic carbocycles. The molecule has 0 aliphatic heterocycles. The molecule has 92 valence electrons. The molecule has 0 aliphatic carbocycles. The topological polar surface area (TPSA) is 30.5 Å². The van der Waals surface area contributed by atoms with Crippen molar-refractivity contribution in [3.8, 4) is 0 Å². The molecular weight excluding hydrogens is 222 g/mol. The molecule has 1 heterocycles. The van der Waals surface area contributed by atoms with Crippen LogP contribution in [0.4, 0.5) is 0 Å². The normalized spacial score (nSPS) is 12.9. The second-order valence-corrected chi connectivity index (χ2v) is 4.93. The first kappa shape index (κ1) is 13.6. The number of nitrogens with one attached hydrogen (secondary N) is 1. The molecule has 1 atom stereocenters. The van der Waals surface area contributed by atoms with E-state index in [1.54, 1.807) is 11.3 Å². The molecular formula is C12H21NO2S. The van der Waals surface area contributed by atoms with Gasteiger partial charge in [0.2, 0.25) is 0 Å². The van der Waals surface area contributed by atoms with E-state index in [9.17, 15) is 0 Å². The van der Waals surface area contributed by atoms with Crippen molar-refractivity contribution >= 4 is 11.3 Å². The van der Waals surface area contributed by atoms with Crippen LogP contribution in [-0.2, 0) is 22.6 Å². The van der Waals surface area contributed by atoms with Gasteiger partial charge in [-0.1, -0.05) is 0 Å². The van der Waals surface area contributed by atoms with E-state index in [1.165, 1.54) is 9.75 Å². The quantitative estimate of drug-likeness (QED) is 0.760. The molecule has 0 fully saturated rings. The molecule has 1 unspecified atom stereocenters. The lowest BCUT2D eigenvalue weighted by atomic mass is 10.4. The van der Waals surface area contributed by atoms with Crippen LogP contribution in [0, 0.1) is 0 Å². The monoisotopic (exact) mass is 243 g/mol. The van der Waals surface area contributed by atoms with E-state index >= 15 is 0 Å². The zero-order valence-electron chi connectivity index (χ0n) is 10.3. The van der Waals surface area contributed by atoms with Crippen LogP contribution in [0.3, 0.4) is 0 Å². The Labute approximate surface area is 102 Å². The number of thiophene rings is 1. The summed E-state index contributed by atoms with van der Waals surface area (Å²) in [6.07, 6.45) is 0.162. The van der Waals surface area contributed by atoms with Crippen molar-refractivity contribution in [3.63, 3.8) is 0 Å². The molecule has 0 spiro atoms. The predicted molar refractivity (Wildman–Crippen MR) is 67.8 cm³/mol. The van der Waals surface area contributed by atoms with Gasteiger partial charge in [0, 0.05) is 22.9 Å². The highest BCUT2D eigenvalue weighted by atomic mass is 32.1. The molecule has 0 saturated carbocycles. The van der Waals surface area contributed by atoms with Crippen molar-refractivity contribution in [2.45, 2.75) is 33.1 Å². The molecule has 3 nitrogen and oxygen atoms in total. The Morgan fingerprint density at radius 1 is 1.38 bits per heavy atom. The molecule has 1 N–H and O–H groups in total. The van der Waals surface area contributed by atoms with E-state index in [-0.39, 0.29) is 6.10 Å². The van der Waals surface area contributed by atoms with E-state index in [4.69, 9.17) is 9.47 Å². The Hall–Kier alpha value is -0.420.